The maximum Gasteiger partial charge on any atom is 0.316 e. The number of rotatable bonds is 5. The average molecular weight is 296 g/mol. The Morgan fingerprint density at radius 3 is 2.40 bits per heavy atom. The van der Waals surface area contributed by atoms with Gasteiger partial charge in [0.25, 0.3) is 5.91 Å². The first-order valence-corrected chi connectivity index (χ1v) is 7.27. The number of nitrogens with two attached hydrogens (primary N) is 1. The van der Waals surface area contributed by atoms with Crippen molar-refractivity contribution in [2.75, 3.05) is 5.75 Å². The highest BCUT2D eigenvalue weighted by Gasteiger charge is 2.23. The molecule has 0 saturated carbocycles. The molecule has 0 radical (unpaired) electrons. The first kappa shape index (κ1) is 16.5. The van der Waals surface area contributed by atoms with E-state index in [1.807, 2.05) is 30.3 Å². The fourth-order valence-electron chi connectivity index (χ4n) is 1.55. The van der Waals surface area contributed by atoms with Crippen LogP contribution in [-0.2, 0) is 14.3 Å². The number of hydrogen-bond donors (Lipinski definition) is 2. The van der Waals surface area contributed by atoms with Crippen molar-refractivity contribution in [3.05, 3.63) is 35.9 Å². The maximum absolute atomic E-state index is 11.8. The van der Waals surface area contributed by atoms with Crippen molar-refractivity contribution < 1.29 is 14.3 Å². The third kappa shape index (κ3) is 5.63. The van der Waals surface area contributed by atoms with Gasteiger partial charge in [-0.1, -0.05) is 30.3 Å². The lowest BCUT2D eigenvalue weighted by molar-refractivity contribution is -0.151. The molecule has 0 spiro atoms. The number of thioether (sulfide) groups is 1. The van der Waals surface area contributed by atoms with Gasteiger partial charge in [-0.15, -0.1) is 11.8 Å². The third-order valence-corrected chi connectivity index (χ3v) is 3.49. The van der Waals surface area contributed by atoms with Crippen LogP contribution in [0.2, 0.25) is 0 Å². The molecule has 0 saturated heterocycles. The lowest BCUT2D eigenvalue weighted by Crippen LogP contribution is -2.34. The first-order valence-electron chi connectivity index (χ1n) is 6.22. The summed E-state index contributed by atoms with van der Waals surface area (Å²) in [5.74, 6) is 4.58. The van der Waals surface area contributed by atoms with Crippen molar-refractivity contribution in [1.29, 1.82) is 0 Å². The molecule has 110 valence electrons. The summed E-state index contributed by atoms with van der Waals surface area (Å²) >= 11 is 1.19. The van der Waals surface area contributed by atoms with Gasteiger partial charge in [0.05, 0.1) is 5.75 Å². The quantitative estimate of drug-likeness (QED) is 0.375. The minimum absolute atomic E-state index is 0.0876. The molecule has 3 N–H and O–H groups in total. The predicted molar refractivity (Wildman–Crippen MR) is 79.8 cm³/mol. The number of amides is 1. The zero-order valence-electron chi connectivity index (χ0n) is 11.9. The SMILES string of the molecule is CC(C)(C)OC(=O)CSC(C(=O)NN)c1ccccc1. The summed E-state index contributed by atoms with van der Waals surface area (Å²) in [6.07, 6.45) is 0. The molecule has 6 heteroatoms. The number of esters is 1. The van der Waals surface area contributed by atoms with Crippen LogP contribution in [0.5, 0.6) is 0 Å². The van der Waals surface area contributed by atoms with Gasteiger partial charge < -0.3 is 4.74 Å². The minimum Gasteiger partial charge on any atom is -0.459 e. The Bertz CT molecular complexity index is 457. The van der Waals surface area contributed by atoms with Crippen molar-refractivity contribution in [3.8, 4) is 0 Å². The van der Waals surface area contributed by atoms with Crippen LogP contribution in [0.15, 0.2) is 30.3 Å². The van der Waals surface area contributed by atoms with Gasteiger partial charge in [-0.05, 0) is 26.3 Å². The van der Waals surface area contributed by atoms with Gasteiger partial charge in [0.2, 0.25) is 0 Å². The Labute approximate surface area is 123 Å². The van der Waals surface area contributed by atoms with E-state index in [4.69, 9.17) is 10.6 Å². The minimum atomic E-state index is -0.534. The number of ether oxygens (including phenoxy) is 1. The summed E-state index contributed by atoms with van der Waals surface area (Å²) in [5.41, 5.74) is 2.39. The smallest absolute Gasteiger partial charge is 0.316 e. The van der Waals surface area contributed by atoms with Crippen LogP contribution < -0.4 is 11.3 Å². The molecule has 1 rings (SSSR count). The molecule has 0 aliphatic rings. The summed E-state index contributed by atoms with van der Waals surface area (Å²) < 4.78 is 5.21. The van der Waals surface area contributed by atoms with Crippen molar-refractivity contribution in [3.63, 3.8) is 0 Å². The highest BCUT2D eigenvalue weighted by Crippen LogP contribution is 2.29. The molecule has 0 heterocycles. The van der Waals surface area contributed by atoms with Gasteiger partial charge >= 0.3 is 5.97 Å². The normalized spacial score (nSPS) is 12.6. The van der Waals surface area contributed by atoms with Crippen molar-refractivity contribution in [2.24, 2.45) is 5.84 Å². The van der Waals surface area contributed by atoms with Gasteiger partial charge in [-0.2, -0.15) is 0 Å². The van der Waals surface area contributed by atoms with Gasteiger partial charge in [-0.3, -0.25) is 15.0 Å². The summed E-state index contributed by atoms with van der Waals surface area (Å²) in [6.45, 7) is 5.41. The van der Waals surface area contributed by atoms with Gasteiger partial charge in [0, 0.05) is 0 Å². The standard InChI is InChI=1S/C14H20N2O3S/c1-14(2,3)19-11(17)9-20-12(13(18)16-15)10-7-5-4-6-8-10/h4-8,12H,9,15H2,1-3H3,(H,16,18). The Morgan fingerprint density at radius 2 is 1.90 bits per heavy atom. The van der Waals surface area contributed by atoms with Gasteiger partial charge in [0.15, 0.2) is 0 Å². The molecule has 0 bridgehead atoms. The summed E-state index contributed by atoms with van der Waals surface area (Å²) in [5, 5.41) is -0.534. The van der Waals surface area contributed by atoms with Crippen LogP contribution in [0.3, 0.4) is 0 Å². The van der Waals surface area contributed by atoms with E-state index < -0.39 is 10.9 Å². The van der Waals surface area contributed by atoms with E-state index in [-0.39, 0.29) is 17.6 Å². The number of hydrazine groups is 1. The highest BCUT2D eigenvalue weighted by atomic mass is 32.2. The Kier molecular flexibility index (Phi) is 6.04. The topological polar surface area (TPSA) is 81.4 Å². The van der Waals surface area contributed by atoms with E-state index in [0.717, 1.165) is 5.56 Å². The summed E-state index contributed by atoms with van der Waals surface area (Å²) in [4.78, 5) is 23.5. The molecule has 5 nitrogen and oxygen atoms in total. The van der Waals surface area contributed by atoms with E-state index in [2.05, 4.69) is 5.43 Å². The molecule has 1 aromatic rings. The van der Waals surface area contributed by atoms with E-state index >= 15 is 0 Å². The molecule has 1 aromatic carbocycles. The summed E-state index contributed by atoms with van der Waals surface area (Å²) in [7, 11) is 0. The van der Waals surface area contributed by atoms with Crippen molar-refractivity contribution in [1.82, 2.24) is 5.43 Å². The highest BCUT2D eigenvalue weighted by molar-refractivity contribution is 8.00. The second kappa shape index (κ2) is 7.31. The van der Waals surface area contributed by atoms with Crippen LogP contribution in [0.25, 0.3) is 0 Å². The molecule has 0 aromatic heterocycles. The van der Waals surface area contributed by atoms with Crippen molar-refractivity contribution in [2.45, 2.75) is 31.6 Å². The van der Waals surface area contributed by atoms with E-state index in [1.54, 1.807) is 20.8 Å². The Balaban J connectivity index is 2.68. The molecule has 0 aliphatic heterocycles. The van der Waals surface area contributed by atoms with Crippen molar-refractivity contribution >= 4 is 23.6 Å². The molecule has 1 unspecified atom stereocenters. The molecular weight excluding hydrogens is 276 g/mol. The number of benzene rings is 1. The predicted octanol–water partition coefficient (Wildman–Crippen LogP) is 1.79. The van der Waals surface area contributed by atoms with Crippen LogP contribution in [0.1, 0.15) is 31.6 Å². The average Bonchev–Trinajstić information content (AvgIpc) is 2.37. The fraction of sp³-hybridized carbons (Fsp3) is 0.429. The maximum atomic E-state index is 11.8. The molecule has 1 amide bonds. The summed E-state index contributed by atoms with van der Waals surface area (Å²) in [6, 6.07) is 9.17. The first-order chi connectivity index (χ1) is 9.33. The van der Waals surface area contributed by atoms with E-state index in [0.29, 0.717) is 0 Å². The van der Waals surface area contributed by atoms with Gasteiger partial charge in [0.1, 0.15) is 10.9 Å². The second-order valence-electron chi connectivity index (χ2n) is 5.20. The van der Waals surface area contributed by atoms with E-state index in [1.165, 1.54) is 11.8 Å². The van der Waals surface area contributed by atoms with E-state index in [9.17, 15) is 9.59 Å². The lowest BCUT2D eigenvalue weighted by atomic mass is 10.1. The molecule has 0 aliphatic carbocycles. The van der Waals surface area contributed by atoms with Crippen LogP contribution >= 0.6 is 11.8 Å². The lowest BCUT2D eigenvalue weighted by Gasteiger charge is -2.20. The van der Waals surface area contributed by atoms with Crippen LogP contribution in [0, 0.1) is 0 Å². The largest absolute Gasteiger partial charge is 0.459 e. The molecule has 0 fully saturated rings. The van der Waals surface area contributed by atoms with Gasteiger partial charge in [-0.25, -0.2) is 5.84 Å². The molecular formula is C14H20N2O3S. The number of carbonyl (C=O) groups excluding carboxylic acids is 2. The number of carbonyl (C=O) groups is 2. The zero-order valence-corrected chi connectivity index (χ0v) is 12.7. The van der Waals surface area contributed by atoms with Crippen LogP contribution in [-0.4, -0.2) is 23.2 Å². The number of nitrogens with one attached hydrogen (secondary N) is 1. The second-order valence-corrected chi connectivity index (χ2v) is 6.29. The van der Waals surface area contributed by atoms with Crippen LogP contribution in [0.4, 0.5) is 0 Å². The Hall–Kier alpha value is -1.53. The monoisotopic (exact) mass is 296 g/mol. The third-order valence-electron chi connectivity index (χ3n) is 2.27. The molecule has 20 heavy (non-hydrogen) atoms. The Morgan fingerprint density at radius 1 is 1.30 bits per heavy atom. The molecule has 1 atom stereocenters. The number of hydrogen-bond acceptors (Lipinski definition) is 5. The zero-order chi connectivity index (χ0) is 15.2. The fourth-order valence-corrected chi connectivity index (χ4v) is 2.48.